The minimum atomic E-state index is -3.74. The maximum Gasteiger partial charge on any atom is 0.407 e. The first-order chi connectivity index (χ1) is 18.2. The van der Waals surface area contributed by atoms with Gasteiger partial charge in [-0.05, 0) is 72.2 Å². The van der Waals surface area contributed by atoms with Crippen LogP contribution in [-0.2, 0) is 27.7 Å². The number of hydrogen-bond donors (Lipinski definition) is 2. The van der Waals surface area contributed by atoms with Crippen molar-refractivity contribution in [2.24, 2.45) is 0 Å². The Balaban J connectivity index is 2.40. The van der Waals surface area contributed by atoms with E-state index in [4.69, 9.17) is 16.3 Å². The summed E-state index contributed by atoms with van der Waals surface area (Å²) >= 11 is 6.33. The number of nitrogens with one attached hydrogen (secondary N) is 2. The van der Waals surface area contributed by atoms with Crippen LogP contribution in [-0.4, -0.2) is 66.3 Å². The van der Waals surface area contributed by atoms with Gasteiger partial charge in [0.05, 0.1) is 17.3 Å². The van der Waals surface area contributed by atoms with Crippen LogP contribution in [0, 0.1) is 6.92 Å². The number of benzene rings is 1. The molecule has 1 aromatic heterocycles. The lowest BCUT2D eigenvalue weighted by molar-refractivity contribution is 0.0533. The summed E-state index contributed by atoms with van der Waals surface area (Å²) < 4.78 is 47.5. The fraction of sp³-hybridized carbons (Fsp3) is 0.519. The van der Waals surface area contributed by atoms with Crippen LogP contribution in [0.4, 0.5) is 9.18 Å². The topological polar surface area (TPSA) is 123 Å². The molecular weight excluding hydrogens is 561 g/mol. The predicted molar refractivity (Wildman–Crippen MR) is 153 cm³/mol. The summed E-state index contributed by atoms with van der Waals surface area (Å²) in [6, 6.07) is 4.57. The highest BCUT2D eigenvalue weighted by Crippen LogP contribution is 2.27. The predicted octanol–water partition coefficient (Wildman–Crippen LogP) is 4.59. The fourth-order valence-corrected chi connectivity index (χ4v) is 5.06. The van der Waals surface area contributed by atoms with Crippen molar-refractivity contribution in [2.75, 3.05) is 20.6 Å². The van der Waals surface area contributed by atoms with E-state index in [0.717, 1.165) is 4.31 Å². The summed E-state index contributed by atoms with van der Waals surface area (Å²) in [6.45, 7) is 11.9. The SMILES string of the molecule is Cc1nn(C/C(F)=C/CNC(=O)OC(C)(C)C)c(C(=O)NC(C)(C)C)c1Cc1ccc(S(=O)(=O)N(C)C)c(Cl)c1. The molecule has 0 radical (unpaired) electrons. The van der Waals surface area contributed by atoms with Gasteiger partial charge in [-0.15, -0.1) is 0 Å². The fourth-order valence-electron chi connectivity index (χ4n) is 3.63. The summed E-state index contributed by atoms with van der Waals surface area (Å²) in [6.07, 6.45) is 0.698. The lowest BCUT2D eigenvalue weighted by Gasteiger charge is -2.21. The Hall–Kier alpha value is -2.96. The molecule has 0 saturated carbocycles. The van der Waals surface area contributed by atoms with Crippen molar-refractivity contribution in [1.29, 1.82) is 0 Å². The number of ether oxygens (including phenoxy) is 1. The number of hydrogen-bond acceptors (Lipinski definition) is 6. The van der Waals surface area contributed by atoms with Gasteiger partial charge in [0.15, 0.2) is 0 Å². The van der Waals surface area contributed by atoms with E-state index in [1.807, 2.05) is 20.8 Å². The van der Waals surface area contributed by atoms with Crippen molar-refractivity contribution < 1.29 is 27.1 Å². The van der Waals surface area contributed by atoms with Crippen LogP contribution in [0.5, 0.6) is 0 Å². The van der Waals surface area contributed by atoms with Crippen LogP contribution >= 0.6 is 11.6 Å². The summed E-state index contributed by atoms with van der Waals surface area (Å²) in [7, 11) is -0.910. The third-order valence-corrected chi connectivity index (χ3v) is 7.66. The maximum absolute atomic E-state index is 14.9. The zero-order chi connectivity index (χ0) is 30.6. The molecule has 40 heavy (non-hydrogen) atoms. The number of alkyl carbamates (subject to hydrolysis) is 1. The first-order valence-electron chi connectivity index (χ1n) is 12.6. The Morgan fingerprint density at radius 1 is 1.18 bits per heavy atom. The number of allylic oxidation sites excluding steroid dienone is 1. The van der Waals surface area contributed by atoms with Gasteiger partial charge in [-0.2, -0.15) is 5.10 Å². The van der Waals surface area contributed by atoms with Crippen molar-refractivity contribution >= 4 is 33.6 Å². The number of aromatic nitrogens is 2. The highest BCUT2D eigenvalue weighted by molar-refractivity contribution is 7.89. The maximum atomic E-state index is 14.9. The Kier molecular flexibility index (Phi) is 10.6. The van der Waals surface area contributed by atoms with E-state index in [1.54, 1.807) is 33.8 Å². The zero-order valence-corrected chi connectivity index (χ0v) is 26.1. The monoisotopic (exact) mass is 599 g/mol. The van der Waals surface area contributed by atoms with Gasteiger partial charge in [-0.3, -0.25) is 9.48 Å². The Bertz CT molecular complexity index is 1390. The lowest BCUT2D eigenvalue weighted by atomic mass is 10.0. The summed E-state index contributed by atoms with van der Waals surface area (Å²) in [5.74, 6) is -1.06. The van der Waals surface area contributed by atoms with E-state index >= 15 is 0 Å². The van der Waals surface area contributed by atoms with Crippen molar-refractivity contribution in [3.05, 3.63) is 57.6 Å². The van der Waals surface area contributed by atoms with Gasteiger partial charge in [0.1, 0.15) is 22.0 Å². The molecule has 0 fully saturated rings. The van der Waals surface area contributed by atoms with Crippen LogP contribution in [0.1, 0.15) is 68.9 Å². The van der Waals surface area contributed by atoms with Crippen LogP contribution in [0.25, 0.3) is 0 Å². The number of carbonyl (C=O) groups is 2. The molecule has 0 spiro atoms. The molecule has 2 N–H and O–H groups in total. The first-order valence-corrected chi connectivity index (χ1v) is 14.4. The average Bonchev–Trinajstić information content (AvgIpc) is 3.05. The molecule has 0 aliphatic heterocycles. The second-order valence-corrected chi connectivity index (χ2v) is 14.1. The summed E-state index contributed by atoms with van der Waals surface area (Å²) in [4.78, 5) is 25.1. The Labute approximate surface area is 241 Å². The molecule has 10 nitrogen and oxygen atoms in total. The van der Waals surface area contributed by atoms with Crippen molar-refractivity contribution in [1.82, 2.24) is 24.7 Å². The van der Waals surface area contributed by atoms with Gasteiger partial charge in [0.25, 0.3) is 5.91 Å². The van der Waals surface area contributed by atoms with Crippen LogP contribution in [0.15, 0.2) is 35.0 Å². The van der Waals surface area contributed by atoms with E-state index in [1.165, 1.54) is 37.0 Å². The molecule has 2 aromatic rings. The van der Waals surface area contributed by atoms with Gasteiger partial charge in [-0.25, -0.2) is 21.9 Å². The highest BCUT2D eigenvalue weighted by Gasteiger charge is 2.27. The molecule has 2 rings (SSSR count). The second-order valence-electron chi connectivity index (χ2n) is 11.5. The quantitative estimate of drug-likeness (QED) is 0.435. The molecule has 13 heteroatoms. The number of carbonyl (C=O) groups excluding carboxylic acids is 2. The first kappa shape index (κ1) is 33.2. The largest absolute Gasteiger partial charge is 0.444 e. The molecule has 222 valence electrons. The van der Waals surface area contributed by atoms with Gasteiger partial charge in [0.2, 0.25) is 10.0 Å². The third kappa shape index (κ3) is 9.31. The molecule has 0 unspecified atom stereocenters. The standard InChI is InChI=1S/C27H39ClFN5O5S/c1-17-20(14-18-10-11-22(21(28)15-18)40(37,38)33(8)9)23(24(35)31-26(2,3)4)34(32-17)16-19(29)12-13-30-25(36)39-27(5,6)7/h10-12,15H,13-14,16H2,1-9H3,(H,30,36)(H,31,35)/b19-12-. The summed E-state index contributed by atoms with van der Waals surface area (Å²) in [5, 5.41) is 9.82. The molecule has 0 aliphatic carbocycles. The van der Waals surface area contributed by atoms with E-state index in [-0.39, 0.29) is 35.1 Å². The highest BCUT2D eigenvalue weighted by atomic mass is 35.5. The van der Waals surface area contributed by atoms with Gasteiger partial charge in [0, 0.05) is 38.2 Å². The number of nitrogens with zero attached hydrogens (tertiary/aromatic N) is 3. The minimum Gasteiger partial charge on any atom is -0.444 e. The number of rotatable bonds is 9. The Morgan fingerprint density at radius 2 is 1.80 bits per heavy atom. The van der Waals surface area contributed by atoms with Crippen LogP contribution in [0.3, 0.4) is 0 Å². The van der Waals surface area contributed by atoms with Crippen LogP contribution < -0.4 is 10.6 Å². The molecule has 1 heterocycles. The molecule has 0 atom stereocenters. The number of sulfonamides is 1. The Morgan fingerprint density at radius 3 is 2.33 bits per heavy atom. The third-order valence-electron chi connectivity index (χ3n) is 5.36. The van der Waals surface area contributed by atoms with Crippen molar-refractivity contribution in [2.45, 2.75) is 77.5 Å². The van der Waals surface area contributed by atoms with Crippen molar-refractivity contribution in [3.63, 3.8) is 0 Å². The van der Waals surface area contributed by atoms with Gasteiger partial charge < -0.3 is 15.4 Å². The molecule has 0 bridgehead atoms. The lowest BCUT2D eigenvalue weighted by Crippen LogP contribution is -2.42. The van der Waals surface area contributed by atoms with Gasteiger partial charge in [-0.1, -0.05) is 17.7 Å². The summed E-state index contributed by atoms with van der Waals surface area (Å²) in [5.41, 5.74) is 0.593. The number of halogens is 2. The number of aryl methyl sites for hydroxylation is 1. The number of amides is 2. The molecule has 1 aromatic carbocycles. The normalized spacial score (nSPS) is 12.9. The van der Waals surface area contributed by atoms with Crippen molar-refractivity contribution in [3.8, 4) is 0 Å². The van der Waals surface area contributed by atoms with Gasteiger partial charge >= 0.3 is 6.09 Å². The van der Waals surface area contributed by atoms with Crippen LogP contribution in [0.2, 0.25) is 5.02 Å². The average molecular weight is 600 g/mol. The second kappa shape index (κ2) is 12.7. The smallest absolute Gasteiger partial charge is 0.407 e. The van der Waals surface area contributed by atoms with E-state index < -0.39 is 39.0 Å². The van der Waals surface area contributed by atoms with E-state index in [2.05, 4.69) is 15.7 Å². The zero-order valence-electron chi connectivity index (χ0n) is 24.5. The minimum absolute atomic E-state index is 0.0340. The van der Waals surface area contributed by atoms with E-state index in [0.29, 0.717) is 16.8 Å². The molecule has 2 amide bonds. The molecule has 0 saturated heterocycles. The molecular formula is C27H39ClFN5O5S. The van der Waals surface area contributed by atoms with E-state index in [9.17, 15) is 22.4 Å². The molecule has 0 aliphatic rings.